The largest absolute Gasteiger partial charge is 0.340 e. The van der Waals surface area contributed by atoms with Crippen LogP contribution < -0.4 is 5.73 Å². The number of carbonyl (C=O) groups excluding carboxylic acids is 1. The van der Waals surface area contributed by atoms with Crippen LogP contribution in [0.5, 0.6) is 0 Å². The van der Waals surface area contributed by atoms with Gasteiger partial charge in [-0.05, 0) is 32.9 Å². The summed E-state index contributed by atoms with van der Waals surface area (Å²) in [6.07, 6.45) is 1.97. The molecular formula is C12H23N3O. The van der Waals surface area contributed by atoms with Crippen LogP contribution in [0.4, 0.5) is 0 Å². The lowest BCUT2D eigenvalue weighted by molar-refractivity contribution is -0.135. The van der Waals surface area contributed by atoms with E-state index in [1.54, 1.807) is 0 Å². The van der Waals surface area contributed by atoms with Crippen LogP contribution in [0.2, 0.25) is 0 Å². The van der Waals surface area contributed by atoms with Crippen molar-refractivity contribution in [3.05, 3.63) is 0 Å². The van der Waals surface area contributed by atoms with Gasteiger partial charge in [-0.2, -0.15) is 0 Å². The zero-order valence-corrected chi connectivity index (χ0v) is 10.6. The molecule has 0 spiro atoms. The number of nitrogens with two attached hydrogens (primary N) is 1. The third kappa shape index (κ3) is 1.84. The van der Waals surface area contributed by atoms with Crippen molar-refractivity contribution < 1.29 is 4.79 Å². The highest BCUT2D eigenvalue weighted by molar-refractivity contribution is 5.86. The maximum atomic E-state index is 12.3. The number of rotatable bonds is 3. The van der Waals surface area contributed by atoms with Gasteiger partial charge in [-0.25, -0.2) is 0 Å². The molecule has 2 fully saturated rings. The molecule has 0 aromatic heterocycles. The van der Waals surface area contributed by atoms with Gasteiger partial charge in [0.05, 0.1) is 5.41 Å². The van der Waals surface area contributed by atoms with Crippen molar-refractivity contribution in [3.8, 4) is 0 Å². The van der Waals surface area contributed by atoms with Gasteiger partial charge < -0.3 is 15.5 Å². The van der Waals surface area contributed by atoms with Gasteiger partial charge in [0.15, 0.2) is 0 Å². The van der Waals surface area contributed by atoms with Crippen molar-refractivity contribution in [1.29, 1.82) is 0 Å². The summed E-state index contributed by atoms with van der Waals surface area (Å²) in [5.74, 6) is 0.860. The molecule has 4 heteroatoms. The fraction of sp³-hybridized carbons (Fsp3) is 0.917. The van der Waals surface area contributed by atoms with E-state index >= 15 is 0 Å². The van der Waals surface area contributed by atoms with Crippen molar-refractivity contribution in [2.45, 2.75) is 25.8 Å². The molecule has 2 N–H and O–H groups in total. The van der Waals surface area contributed by atoms with Crippen molar-refractivity contribution >= 4 is 5.91 Å². The number of carbonyl (C=O) groups is 1. The molecule has 16 heavy (non-hydrogen) atoms. The SMILES string of the molecule is CC1CN(C(=O)C2(CN)CC2)CC1N(C)C. The molecule has 1 saturated carbocycles. The molecule has 0 radical (unpaired) electrons. The Labute approximate surface area is 97.8 Å². The third-order valence-electron chi connectivity index (χ3n) is 4.22. The van der Waals surface area contributed by atoms with Crippen molar-refractivity contribution in [2.75, 3.05) is 33.7 Å². The summed E-state index contributed by atoms with van der Waals surface area (Å²) in [6, 6.07) is 0.498. The monoisotopic (exact) mass is 225 g/mol. The lowest BCUT2D eigenvalue weighted by Crippen LogP contribution is -2.41. The van der Waals surface area contributed by atoms with Gasteiger partial charge in [-0.15, -0.1) is 0 Å². The molecule has 2 unspecified atom stereocenters. The van der Waals surface area contributed by atoms with Crippen LogP contribution in [0.15, 0.2) is 0 Å². The number of hydrogen-bond acceptors (Lipinski definition) is 3. The van der Waals surface area contributed by atoms with Crippen LogP contribution in [-0.2, 0) is 4.79 Å². The zero-order chi connectivity index (χ0) is 11.9. The van der Waals surface area contributed by atoms with Crippen LogP contribution in [0, 0.1) is 11.3 Å². The highest BCUT2D eigenvalue weighted by atomic mass is 16.2. The first-order valence-electron chi connectivity index (χ1n) is 6.16. The molecule has 2 atom stereocenters. The van der Waals surface area contributed by atoms with E-state index in [1.165, 1.54) is 0 Å². The van der Waals surface area contributed by atoms with E-state index in [1.807, 2.05) is 4.90 Å². The maximum absolute atomic E-state index is 12.3. The minimum Gasteiger partial charge on any atom is -0.340 e. The molecule has 4 nitrogen and oxygen atoms in total. The Morgan fingerprint density at radius 1 is 1.44 bits per heavy atom. The average Bonchev–Trinajstić information content (AvgIpc) is 2.95. The molecule has 0 bridgehead atoms. The van der Waals surface area contributed by atoms with Gasteiger partial charge in [-0.1, -0.05) is 6.92 Å². The third-order valence-corrected chi connectivity index (χ3v) is 4.22. The summed E-state index contributed by atoms with van der Waals surface area (Å²) in [4.78, 5) is 16.5. The van der Waals surface area contributed by atoms with Crippen LogP contribution in [-0.4, -0.2) is 55.5 Å². The molecule has 2 rings (SSSR count). The van der Waals surface area contributed by atoms with E-state index in [0.29, 0.717) is 24.4 Å². The van der Waals surface area contributed by atoms with E-state index < -0.39 is 0 Å². The number of amides is 1. The first kappa shape index (κ1) is 11.9. The van der Waals surface area contributed by atoms with Crippen LogP contribution in [0.3, 0.4) is 0 Å². The molecule has 1 saturated heterocycles. The fourth-order valence-corrected chi connectivity index (χ4v) is 2.78. The van der Waals surface area contributed by atoms with Crippen LogP contribution in [0.1, 0.15) is 19.8 Å². The summed E-state index contributed by atoms with van der Waals surface area (Å²) in [5.41, 5.74) is 5.53. The summed E-state index contributed by atoms with van der Waals surface area (Å²) in [5, 5.41) is 0. The predicted octanol–water partition coefficient (Wildman–Crippen LogP) is 0.134. The van der Waals surface area contributed by atoms with Crippen LogP contribution in [0.25, 0.3) is 0 Å². The predicted molar refractivity (Wildman–Crippen MR) is 63.9 cm³/mol. The van der Waals surface area contributed by atoms with Gasteiger partial charge in [0.1, 0.15) is 0 Å². The Morgan fingerprint density at radius 3 is 2.44 bits per heavy atom. The van der Waals surface area contributed by atoms with Gasteiger partial charge in [0, 0.05) is 25.7 Å². The van der Waals surface area contributed by atoms with E-state index in [9.17, 15) is 4.79 Å². The second-order valence-corrected chi connectivity index (χ2v) is 5.70. The molecular weight excluding hydrogens is 202 g/mol. The van der Waals surface area contributed by atoms with Crippen LogP contribution >= 0.6 is 0 Å². The first-order valence-corrected chi connectivity index (χ1v) is 6.16. The Kier molecular flexibility index (Phi) is 2.97. The van der Waals surface area contributed by atoms with Gasteiger partial charge in [-0.3, -0.25) is 4.79 Å². The number of likely N-dealkylation sites (tertiary alicyclic amines) is 1. The van der Waals surface area contributed by atoms with Gasteiger partial charge in [0.2, 0.25) is 5.91 Å². The fourth-order valence-electron chi connectivity index (χ4n) is 2.78. The first-order chi connectivity index (χ1) is 7.50. The van der Waals surface area contributed by atoms with E-state index in [2.05, 4.69) is 25.9 Å². The normalized spacial score (nSPS) is 32.2. The molecule has 1 aliphatic heterocycles. The lowest BCUT2D eigenvalue weighted by Gasteiger charge is -2.24. The minimum atomic E-state index is -0.180. The smallest absolute Gasteiger partial charge is 0.230 e. The highest BCUT2D eigenvalue weighted by Crippen LogP contribution is 2.46. The second kappa shape index (κ2) is 4.00. The molecule has 92 valence electrons. The minimum absolute atomic E-state index is 0.180. The summed E-state index contributed by atoms with van der Waals surface area (Å²) in [7, 11) is 4.18. The van der Waals surface area contributed by atoms with E-state index in [4.69, 9.17) is 5.73 Å². The summed E-state index contributed by atoms with van der Waals surface area (Å²) < 4.78 is 0. The number of likely N-dealkylation sites (N-methyl/N-ethyl adjacent to an activating group) is 1. The van der Waals surface area contributed by atoms with E-state index in [-0.39, 0.29) is 5.41 Å². The second-order valence-electron chi connectivity index (χ2n) is 5.70. The van der Waals surface area contributed by atoms with Crippen molar-refractivity contribution in [3.63, 3.8) is 0 Å². The maximum Gasteiger partial charge on any atom is 0.230 e. The van der Waals surface area contributed by atoms with Crippen molar-refractivity contribution in [2.24, 2.45) is 17.1 Å². The average molecular weight is 225 g/mol. The Morgan fingerprint density at radius 2 is 2.06 bits per heavy atom. The number of nitrogens with zero attached hydrogens (tertiary/aromatic N) is 2. The Hall–Kier alpha value is -0.610. The quantitative estimate of drug-likeness (QED) is 0.743. The topological polar surface area (TPSA) is 49.6 Å². The standard InChI is InChI=1S/C12H23N3O/c1-9-6-15(7-10(9)14(2)3)11(16)12(8-13)4-5-12/h9-10H,4-8,13H2,1-3H3. The molecule has 2 aliphatic rings. The zero-order valence-electron chi connectivity index (χ0n) is 10.6. The molecule has 1 heterocycles. The summed E-state index contributed by atoms with van der Waals surface area (Å²) in [6.45, 7) is 4.50. The van der Waals surface area contributed by atoms with E-state index in [0.717, 1.165) is 25.9 Å². The molecule has 1 aliphatic carbocycles. The highest BCUT2D eigenvalue weighted by Gasteiger charge is 2.52. The lowest BCUT2D eigenvalue weighted by atomic mass is 10.1. The van der Waals surface area contributed by atoms with Gasteiger partial charge >= 0.3 is 0 Å². The summed E-state index contributed by atoms with van der Waals surface area (Å²) >= 11 is 0. The molecule has 1 amide bonds. The van der Waals surface area contributed by atoms with Gasteiger partial charge in [0.25, 0.3) is 0 Å². The number of hydrogen-bond donors (Lipinski definition) is 1. The Balaban J connectivity index is 2.00. The molecule has 0 aromatic carbocycles. The van der Waals surface area contributed by atoms with Crippen molar-refractivity contribution in [1.82, 2.24) is 9.80 Å². The Bertz CT molecular complexity index is 286. The molecule has 0 aromatic rings.